The number of nitrogens with zero attached hydrogens (tertiary/aromatic N) is 5. The number of hydrogen-bond acceptors (Lipinski definition) is 8. The summed E-state index contributed by atoms with van der Waals surface area (Å²) in [7, 11) is 0. The van der Waals surface area contributed by atoms with E-state index in [1.54, 1.807) is 0 Å². The highest BCUT2D eigenvalue weighted by Gasteiger charge is 2.34. The number of rotatable bonds is 3. The Morgan fingerprint density at radius 2 is 2.09 bits per heavy atom. The first kappa shape index (κ1) is 20.7. The van der Waals surface area contributed by atoms with Gasteiger partial charge in [0, 0.05) is 48.9 Å². The van der Waals surface area contributed by atoms with Crippen molar-refractivity contribution in [2.24, 2.45) is 5.73 Å². The molecule has 3 aliphatic heterocycles. The Hall–Kier alpha value is -2.85. The van der Waals surface area contributed by atoms with Crippen LogP contribution in [0.25, 0.3) is 5.65 Å². The second kappa shape index (κ2) is 8.18. The Kier molecular flexibility index (Phi) is 5.14. The van der Waals surface area contributed by atoms with Gasteiger partial charge in [-0.2, -0.15) is 5.10 Å². The van der Waals surface area contributed by atoms with Gasteiger partial charge >= 0.3 is 0 Å². The molecule has 2 atom stereocenters. The molecular formula is C23H28N6O3S. The first-order valence-corrected chi connectivity index (χ1v) is 12.5. The van der Waals surface area contributed by atoms with Crippen LogP contribution in [0.1, 0.15) is 52.7 Å². The molecule has 3 aromatic rings. The van der Waals surface area contributed by atoms with E-state index in [1.807, 2.05) is 27.1 Å². The molecule has 6 rings (SSSR count). The fourth-order valence-corrected chi connectivity index (χ4v) is 5.99. The Morgan fingerprint density at radius 1 is 1.21 bits per heavy atom. The molecule has 0 aliphatic carbocycles. The van der Waals surface area contributed by atoms with Crippen molar-refractivity contribution in [3.05, 3.63) is 33.8 Å². The van der Waals surface area contributed by atoms with Crippen molar-refractivity contribution < 1.29 is 14.3 Å². The van der Waals surface area contributed by atoms with E-state index >= 15 is 0 Å². The summed E-state index contributed by atoms with van der Waals surface area (Å²) in [6.07, 6.45) is 5.94. The van der Waals surface area contributed by atoms with Crippen LogP contribution in [-0.2, 0) is 0 Å². The predicted octanol–water partition coefficient (Wildman–Crippen LogP) is 2.78. The number of carbonyl (C=O) groups is 1. The summed E-state index contributed by atoms with van der Waals surface area (Å²) >= 11 is 1.39. The molecule has 3 aromatic heterocycles. The highest BCUT2D eigenvalue weighted by Crippen LogP contribution is 2.42. The molecule has 9 nitrogen and oxygen atoms in total. The van der Waals surface area contributed by atoms with E-state index in [-0.39, 0.29) is 18.0 Å². The lowest BCUT2D eigenvalue weighted by molar-refractivity contribution is 0.0603. The predicted molar refractivity (Wildman–Crippen MR) is 125 cm³/mol. The van der Waals surface area contributed by atoms with E-state index in [4.69, 9.17) is 25.3 Å². The first-order valence-electron chi connectivity index (χ1n) is 11.6. The first-order chi connectivity index (χ1) is 16.1. The van der Waals surface area contributed by atoms with Crippen molar-refractivity contribution in [2.45, 2.75) is 44.7 Å². The van der Waals surface area contributed by atoms with E-state index in [1.165, 1.54) is 11.3 Å². The minimum atomic E-state index is -0.0841. The van der Waals surface area contributed by atoms with Crippen molar-refractivity contribution in [3.63, 3.8) is 0 Å². The normalized spacial score (nSPS) is 22.8. The number of thiophene rings is 1. The number of aryl methyl sites for hydroxylation is 1. The maximum atomic E-state index is 13.6. The third-order valence-electron chi connectivity index (χ3n) is 6.75. The van der Waals surface area contributed by atoms with Crippen molar-refractivity contribution in [1.82, 2.24) is 19.5 Å². The molecule has 0 aromatic carbocycles. The summed E-state index contributed by atoms with van der Waals surface area (Å²) in [6.45, 7) is 5.50. The average molecular weight is 469 g/mol. The Morgan fingerprint density at radius 3 is 2.94 bits per heavy atom. The zero-order valence-electron chi connectivity index (χ0n) is 18.7. The molecule has 33 heavy (non-hydrogen) atoms. The quantitative estimate of drug-likeness (QED) is 0.631. The molecule has 0 radical (unpaired) electrons. The van der Waals surface area contributed by atoms with Gasteiger partial charge in [0.15, 0.2) is 17.1 Å². The molecule has 0 bridgehead atoms. The number of likely N-dealkylation sites (tertiary alicyclic amines) is 1. The number of carbonyl (C=O) groups excluding carboxylic acids is 1. The highest BCUT2D eigenvalue weighted by atomic mass is 32.1. The summed E-state index contributed by atoms with van der Waals surface area (Å²) in [5.74, 6) is 2.22. The Labute approximate surface area is 196 Å². The van der Waals surface area contributed by atoms with Crippen LogP contribution in [0.3, 0.4) is 0 Å². The molecular weight excluding hydrogens is 440 g/mol. The molecule has 1 amide bonds. The Bertz CT molecular complexity index is 1210. The van der Waals surface area contributed by atoms with Gasteiger partial charge in [-0.3, -0.25) is 4.79 Å². The van der Waals surface area contributed by atoms with Gasteiger partial charge in [0.05, 0.1) is 11.7 Å². The minimum absolute atomic E-state index is 0.00982. The van der Waals surface area contributed by atoms with Gasteiger partial charge in [-0.05, 0) is 32.6 Å². The molecule has 2 fully saturated rings. The van der Waals surface area contributed by atoms with Crippen LogP contribution >= 0.6 is 11.3 Å². The fourth-order valence-electron chi connectivity index (χ4n) is 5.10. The lowest BCUT2D eigenvalue weighted by Crippen LogP contribution is -2.38. The van der Waals surface area contributed by atoms with Crippen LogP contribution in [-0.4, -0.2) is 64.3 Å². The molecule has 174 valence electrons. The number of amides is 1. The topological polar surface area (TPSA) is 98.2 Å². The minimum Gasteiger partial charge on any atom is -0.485 e. The van der Waals surface area contributed by atoms with Gasteiger partial charge in [0.25, 0.3) is 5.91 Å². The van der Waals surface area contributed by atoms with Crippen LogP contribution in [0.15, 0.2) is 17.6 Å². The van der Waals surface area contributed by atoms with E-state index in [9.17, 15) is 4.79 Å². The van der Waals surface area contributed by atoms with Gasteiger partial charge in [0.1, 0.15) is 23.9 Å². The van der Waals surface area contributed by atoms with Crippen LogP contribution in [0.5, 0.6) is 11.5 Å². The van der Waals surface area contributed by atoms with E-state index in [2.05, 4.69) is 11.8 Å². The van der Waals surface area contributed by atoms with Crippen LogP contribution < -0.4 is 20.1 Å². The molecule has 0 saturated carbocycles. The van der Waals surface area contributed by atoms with Gasteiger partial charge in [-0.25, -0.2) is 9.50 Å². The molecule has 0 spiro atoms. The molecule has 10 heteroatoms. The SMILES string of the molecule is Cc1cn2nc([C@@H]3CCCCN3C(=O)c3scc4c3OCCO4)cc2nc1N1CC[C@H](N)C1. The largest absolute Gasteiger partial charge is 0.485 e. The van der Waals surface area contributed by atoms with E-state index in [0.29, 0.717) is 36.1 Å². The monoisotopic (exact) mass is 468 g/mol. The summed E-state index contributed by atoms with van der Waals surface area (Å²) in [5, 5.41) is 6.71. The number of nitrogens with two attached hydrogens (primary N) is 1. The van der Waals surface area contributed by atoms with Crippen molar-refractivity contribution >= 4 is 28.7 Å². The maximum Gasteiger partial charge on any atom is 0.268 e. The van der Waals surface area contributed by atoms with Gasteiger partial charge in [-0.1, -0.05) is 0 Å². The molecule has 2 saturated heterocycles. The zero-order chi connectivity index (χ0) is 22.5. The summed E-state index contributed by atoms with van der Waals surface area (Å²) in [4.78, 5) is 23.3. The molecule has 2 N–H and O–H groups in total. The summed E-state index contributed by atoms with van der Waals surface area (Å²) in [6, 6.07) is 2.14. The van der Waals surface area contributed by atoms with Crippen LogP contribution in [0.2, 0.25) is 0 Å². The summed E-state index contributed by atoms with van der Waals surface area (Å²) < 4.78 is 13.3. The third kappa shape index (κ3) is 3.61. The fraction of sp³-hybridized carbons (Fsp3) is 0.522. The van der Waals surface area contributed by atoms with Gasteiger partial charge in [0.2, 0.25) is 0 Å². The lowest BCUT2D eigenvalue weighted by Gasteiger charge is -2.34. The van der Waals surface area contributed by atoms with Gasteiger partial charge in [-0.15, -0.1) is 11.3 Å². The molecule has 0 unspecified atom stereocenters. The zero-order valence-corrected chi connectivity index (χ0v) is 19.5. The number of anilines is 1. The second-order valence-corrected chi connectivity index (χ2v) is 9.96. The third-order valence-corrected chi connectivity index (χ3v) is 7.68. The smallest absolute Gasteiger partial charge is 0.268 e. The van der Waals surface area contributed by atoms with Gasteiger partial charge < -0.3 is 25.0 Å². The summed E-state index contributed by atoms with van der Waals surface area (Å²) in [5.41, 5.74) is 8.87. The standard InChI is InChI=1S/C23H28N6O3S/c1-14-11-29-19(25-22(14)27-7-5-15(24)12-27)10-16(26-29)17-4-2-3-6-28(17)23(30)21-20-18(13-33-21)31-8-9-32-20/h10-11,13,15,17H,2-9,12,24H2,1H3/t15-,17-/m0/s1. The van der Waals surface area contributed by atoms with Crippen molar-refractivity contribution in [2.75, 3.05) is 37.7 Å². The maximum absolute atomic E-state index is 13.6. The molecule has 3 aliphatic rings. The average Bonchev–Trinajstić information content (AvgIpc) is 3.55. The Balaban J connectivity index is 1.32. The number of fused-ring (bicyclic) bond motifs is 2. The van der Waals surface area contributed by atoms with Crippen molar-refractivity contribution in [1.29, 1.82) is 0 Å². The highest BCUT2D eigenvalue weighted by molar-refractivity contribution is 7.12. The van der Waals surface area contributed by atoms with Crippen LogP contribution in [0.4, 0.5) is 5.82 Å². The van der Waals surface area contributed by atoms with E-state index in [0.717, 1.165) is 61.5 Å². The second-order valence-electron chi connectivity index (χ2n) is 9.08. The number of ether oxygens (including phenoxy) is 2. The van der Waals surface area contributed by atoms with E-state index < -0.39 is 0 Å². The number of hydrogen-bond donors (Lipinski definition) is 1. The lowest BCUT2D eigenvalue weighted by atomic mass is 9.99. The van der Waals surface area contributed by atoms with Crippen LogP contribution in [0, 0.1) is 6.92 Å². The number of aromatic nitrogens is 3. The van der Waals surface area contributed by atoms with Crippen molar-refractivity contribution in [3.8, 4) is 11.5 Å². The molecule has 6 heterocycles. The number of piperidine rings is 1.